The molecule has 12 heavy (non-hydrogen) atoms. The van der Waals surface area contributed by atoms with Crippen molar-refractivity contribution >= 4 is 5.91 Å². The largest absolute Gasteiger partial charge is 0.350 e. The highest BCUT2D eigenvalue weighted by Crippen LogP contribution is 1.76. The molecule has 0 bridgehead atoms. The molecule has 1 amide bonds. The Bertz CT molecular complexity index is 242. The van der Waals surface area contributed by atoms with Crippen LogP contribution < -0.4 is 10.00 Å². The summed E-state index contributed by atoms with van der Waals surface area (Å²) in [6.07, 6.45) is 3.10. The summed E-state index contributed by atoms with van der Waals surface area (Å²) in [5.41, 5.74) is 0. The zero-order valence-corrected chi connectivity index (χ0v) is 7.24. The third kappa shape index (κ3) is 2.69. The summed E-state index contributed by atoms with van der Waals surface area (Å²) in [6, 6.07) is 0.182. The maximum atomic E-state index is 11.1. The van der Waals surface area contributed by atoms with Crippen LogP contribution in [0.25, 0.3) is 0 Å². The van der Waals surface area contributed by atoms with Gasteiger partial charge in [0.05, 0.1) is 0 Å². The first-order chi connectivity index (χ1) is 5.68. The Labute approximate surface area is 70.8 Å². The lowest BCUT2D eigenvalue weighted by Gasteiger charge is -2.05. The second kappa shape index (κ2) is 3.85. The Morgan fingerprint density at radius 1 is 1.75 bits per heavy atom. The minimum atomic E-state index is -0.0146. The van der Waals surface area contributed by atoms with Gasteiger partial charge in [0, 0.05) is 6.04 Å². The van der Waals surface area contributed by atoms with E-state index in [4.69, 9.17) is 0 Å². The third-order valence-electron chi connectivity index (χ3n) is 1.27. The molecule has 1 aromatic rings. The van der Waals surface area contributed by atoms with Gasteiger partial charge in [-0.05, 0) is 18.8 Å². The van der Waals surface area contributed by atoms with E-state index < -0.39 is 0 Å². The van der Waals surface area contributed by atoms with Gasteiger partial charge in [-0.3, -0.25) is 4.79 Å². The second-order valence-electron chi connectivity index (χ2n) is 2.87. The minimum Gasteiger partial charge on any atom is -0.350 e. The highest BCUT2D eigenvalue weighted by molar-refractivity contribution is 5.74. The molecule has 0 aliphatic heterocycles. The molecule has 5 nitrogen and oxygen atoms in total. The highest BCUT2D eigenvalue weighted by Gasteiger charge is 2.07. The molecule has 0 aromatic carbocycles. The predicted octanol–water partition coefficient (Wildman–Crippen LogP) is -0.778. The zero-order chi connectivity index (χ0) is 8.97. The van der Waals surface area contributed by atoms with Crippen LogP contribution >= 0.6 is 0 Å². The van der Waals surface area contributed by atoms with E-state index in [0.717, 1.165) is 0 Å². The Morgan fingerprint density at radius 2 is 2.50 bits per heavy atom. The van der Waals surface area contributed by atoms with E-state index in [1.54, 1.807) is 11.0 Å². The quantitative estimate of drug-likeness (QED) is 0.583. The van der Waals surface area contributed by atoms with Gasteiger partial charge in [0.1, 0.15) is 0 Å². The summed E-state index contributed by atoms with van der Waals surface area (Å²) in [6.45, 7) is 4.14. The monoisotopic (exact) mass is 169 g/mol. The van der Waals surface area contributed by atoms with E-state index in [0.29, 0.717) is 0 Å². The van der Waals surface area contributed by atoms with E-state index in [1.807, 2.05) is 13.8 Å². The number of nitrogens with zero attached hydrogens (tertiary/aromatic N) is 2. The van der Waals surface area contributed by atoms with E-state index in [2.05, 4.69) is 15.4 Å². The number of carbonyl (C=O) groups is 1. The fourth-order valence-electron chi connectivity index (χ4n) is 0.863. The van der Waals surface area contributed by atoms with Crippen molar-refractivity contribution in [3.63, 3.8) is 0 Å². The number of hydrogen-bond donors (Lipinski definition) is 2. The Kier molecular flexibility index (Phi) is 2.79. The highest BCUT2D eigenvalue weighted by atomic mass is 16.2. The fourth-order valence-corrected chi connectivity index (χ4v) is 0.863. The van der Waals surface area contributed by atoms with Gasteiger partial charge in [-0.15, -0.1) is 4.68 Å². The summed E-state index contributed by atoms with van der Waals surface area (Å²) < 4.78 is 1.61. The average molecular weight is 169 g/mol. The van der Waals surface area contributed by atoms with Crippen LogP contribution in [0.5, 0.6) is 0 Å². The summed E-state index contributed by atoms with van der Waals surface area (Å²) in [7, 11) is 0. The Hall–Kier alpha value is -1.39. The molecule has 5 heteroatoms. The van der Waals surface area contributed by atoms with Crippen LogP contribution in [-0.4, -0.2) is 22.0 Å². The molecule has 0 fully saturated rings. The van der Waals surface area contributed by atoms with Gasteiger partial charge < -0.3 is 5.32 Å². The maximum absolute atomic E-state index is 11.1. The SMILES string of the molecule is CC(C)NC(=O)C[n+]1cnc[nH]1. The van der Waals surface area contributed by atoms with Crippen LogP contribution in [0.4, 0.5) is 0 Å². The maximum Gasteiger partial charge on any atom is 0.307 e. The van der Waals surface area contributed by atoms with Crippen LogP contribution in [0.15, 0.2) is 12.7 Å². The number of aromatic amines is 1. The van der Waals surface area contributed by atoms with Crippen LogP contribution in [0.1, 0.15) is 13.8 Å². The zero-order valence-electron chi connectivity index (χ0n) is 7.24. The summed E-state index contributed by atoms with van der Waals surface area (Å²) >= 11 is 0. The van der Waals surface area contributed by atoms with Gasteiger partial charge >= 0.3 is 6.33 Å². The summed E-state index contributed by atoms with van der Waals surface area (Å²) in [5, 5.41) is 5.56. The summed E-state index contributed by atoms with van der Waals surface area (Å²) in [5.74, 6) is -0.0146. The number of amides is 1. The second-order valence-corrected chi connectivity index (χ2v) is 2.87. The molecule has 0 saturated carbocycles. The molecule has 0 atom stereocenters. The molecule has 0 spiro atoms. The number of carbonyl (C=O) groups excluding carboxylic acids is 1. The lowest BCUT2D eigenvalue weighted by Crippen LogP contribution is -2.45. The van der Waals surface area contributed by atoms with Gasteiger partial charge in [-0.1, -0.05) is 0 Å². The normalized spacial score (nSPS) is 10.2. The molecule has 0 aliphatic rings. The molecule has 0 aliphatic carbocycles. The van der Waals surface area contributed by atoms with Gasteiger partial charge in [0.25, 0.3) is 5.91 Å². The number of rotatable bonds is 3. The van der Waals surface area contributed by atoms with Gasteiger partial charge in [0.2, 0.25) is 6.33 Å². The van der Waals surface area contributed by atoms with E-state index in [-0.39, 0.29) is 18.5 Å². The molecule has 0 saturated heterocycles. The first-order valence-electron chi connectivity index (χ1n) is 3.85. The van der Waals surface area contributed by atoms with E-state index in [1.165, 1.54) is 6.33 Å². The van der Waals surface area contributed by atoms with Crippen LogP contribution in [0.3, 0.4) is 0 Å². The molecule has 66 valence electrons. The van der Waals surface area contributed by atoms with Crippen molar-refractivity contribution in [2.75, 3.05) is 0 Å². The van der Waals surface area contributed by atoms with Gasteiger partial charge in [-0.2, -0.15) is 5.10 Å². The number of nitrogens with one attached hydrogen (secondary N) is 2. The van der Waals surface area contributed by atoms with Crippen molar-refractivity contribution in [2.45, 2.75) is 26.4 Å². The topological polar surface area (TPSA) is 61.7 Å². The van der Waals surface area contributed by atoms with Crippen molar-refractivity contribution in [1.29, 1.82) is 0 Å². The minimum absolute atomic E-state index is 0.0146. The number of aromatic nitrogens is 3. The lowest BCUT2D eigenvalue weighted by molar-refractivity contribution is -0.739. The molecule has 0 unspecified atom stereocenters. The van der Waals surface area contributed by atoms with Crippen LogP contribution in [-0.2, 0) is 11.3 Å². The predicted molar refractivity (Wildman–Crippen MR) is 42.1 cm³/mol. The van der Waals surface area contributed by atoms with Crippen LogP contribution in [0, 0.1) is 0 Å². The van der Waals surface area contributed by atoms with E-state index in [9.17, 15) is 4.79 Å². The van der Waals surface area contributed by atoms with Crippen molar-refractivity contribution in [2.24, 2.45) is 0 Å². The molecule has 1 heterocycles. The first-order valence-corrected chi connectivity index (χ1v) is 3.85. The van der Waals surface area contributed by atoms with E-state index >= 15 is 0 Å². The van der Waals surface area contributed by atoms with Crippen molar-refractivity contribution in [1.82, 2.24) is 15.4 Å². The van der Waals surface area contributed by atoms with Crippen molar-refractivity contribution < 1.29 is 9.48 Å². The molecular formula is C7H13N4O+. The Morgan fingerprint density at radius 3 is 3.00 bits per heavy atom. The summed E-state index contributed by atoms with van der Waals surface area (Å²) in [4.78, 5) is 14.9. The number of H-pyrrole nitrogens is 1. The number of hydrogen-bond acceptors (Lipinski definition) is 2. The molecule has 2 N–H and O–H groups in total. The smallest absolute Gasteiger partial charge is 0.307 e. The first kappa shape index (κ1) is 8.70. The fraction of sp³-hybridized carbons (Fsp3) is 0.571. The lowest BCUT2D eigenvalue weighted by atomic mass is 10.4. The molecular weight excluding hydrogens is 156 g/mol. The van der Waals surface area contributed by atoms with Crippen LogP contribution in [0.2, 0.25) is 0 Å². The molecule has 0 radical (unpaired) electrons. The third-order valence-corrected chi connectivity index (χ3v) is 1.27. The Balaban J connectivity index is 2.37. The van der Waals surface area contributed by atoms with Gasteiger partial charge in [-0.25, -0.2) is 0 Å². The standard InChI is InChI=1S/C7H12N4O/c1-6(2)10-7(12)3-11-5-8-4-9-11/h4-6H,3H2,1-2H3,(H,10,12)/p+1. The average Bonchev–Trinajstić information content (AvgIpc) is 2.37. The van der Waals surface area contributed by atoms with Crippen molar-refractivity contribution in [3.8, 4) is 0 Å². The molecule has 1 rings (SSSR count). The van der Waals surface area contributed by atoms with Crippen molar-refractivity contribution in [3.05, 3.63) is 12.7 Å². The molecule has 1 aromatic heterocycles. The van der Waals surface area contributed by atoms with Gasteiger partial charge in [0.15, 0.2) is 6.54 Å².